The molecule has 0 radical (unpaired) electrons. The maximum absolute atomic E-state index is 6.20. The van der Waals surface area contributed by atoms with Gasteiger partial charge in [-0.2, -0.15) is 5.10 Å². The van der Waals surface area contributed by atoms with E-state index >= 15 is 0 Å². The summed E-state index contributed by atoms with van der Waals surface area (Å²) >= 11 is 0. The number of hydrogen-bond donors (Lipinski definition) is 2. The van der Waals surface area contributed by atoms with Gasteiger partial charge in [-0.3, -0.25) is 0 Å². The van der Waals surface area contributed by atoms with Crippen LogP contribution < -0.4 is 15.8 Å². The van der Waals surface area contributed by atoms with Crippen molar-refractivity contribution in [3.8, 4) is 11.4 Å². The van der Waals surface area contributed by atoms with Crippen LogP contribution in [0.3, 0.4) is 0 Å². The number of nitrogens with one attached hydrogen (secondary N) is 1. The van der Waals surface area contributed by atoms with Gasteiger partial charge in [0.2, 0.25) is 0 Å². The van der Waals surface area contributed by atoms with Crippen LogP contribution >= 0.6 is 24.0 Å². The number of halogens is 1. The standard InChI is InChI=1S/C22H25N5O.HI/c1-15-19(16(2)27(26-15)17-8-4-3-5-9-17)14-24-22(23)25-20-12-13-28-21-11-7-6-10-18(20)21;/h3-11,20H,12-14H2,1-2H3,(H3,23,24,25);1H. The van der Waals surface area contributed by atoms with E-state index in [1.165, 1.54) is 0 Å². The van der Waals surface area contributed by atoms with Gasteiger partial charge in [-0.1, -0.05) is 36.4 Å². The smallest absolute Gasteiger partial charge is 0.189 e. The van der Waals surface area contributed by atoms with Crippen molar-refractivity contribution in [2.24, 2.45) is 10.7 Å². The monoisotopic (exact) mass is 503 g/mol. The molecule has 3 N–H and O–H groups in total. The molecule has 1 aromatic heterocycles. The average Bonchev–Trinajstić information content (AvgIpc) is 3.01. The van der Waals surface area contributed by atoms with Crippen molar-refractivity contribution >= 4 is 29.9 Å². The third-order valence-electron chi connectivity index (χ3n) is 5.13. The second-order valence-electron chi connectivity index (χ2n) is 6.97. The fourth-order valence-electron chi connectivity index (χ4n) is 3.60. The van der Waals surface area contributed by atoms with Gasteiger partial charge < -0.3 is 15.8 Å². The van der Waals surface area contributed by atoms with Gasteiger partial charge in [0.05, 0.1) is 30.6 Å². The van der Waals surface area contributed by atoms with E-state index in [1.807, 2.05) is 60.1 Å². The first kappa shape index (κ1) is 21.2. The number of para-hydroxylation sites is 2. The van der Waals surface area contributed by atoms with Crippen LogP contribution in [0.4, 0.5) is 0 Å². The molecule has 0 aliphatic carbocycles. The quantitative estimate of drug-likeness (QED) is 0.320. The second kappa shape index (κ2) is 9.30. The minimum absolute atomic E-state index is 0. The number of nitrogens with two attached hydrogens (primary N) is 1. The summed E-state index contributed by atoms with van der Waals surface area (Å²) in [5.74, 6) is 1.35. The lowest BCUT2D eigenvalue weighted by atomic mass is 10.0. The zero-order valence-corrected chi connectivity index (χ0v) is 19.0. The molecule has 0 amide bonds. The van der Waals surface area contributed by atoms with Crippen molar-refractivity contribution in [1.82, 2.24) is 15.1 Å². The van der Waals surface area contributed by atoms with Crippen LogP contribution in [-0.2, 0) is 6.54 Å². The summed E-state index contributed by atoms with van der Waals surface area (Å²) in [5, 5.41) is 8.02. The molecule has 29 heavy (non-hydrogen) atoms. The van der Waals surface area contributed by atoms with E-state index < -0.39 is 0 Å². The first-order valence-corrected chi connectivity index (χ1v) is 9.52. The fraction of sp³-hybridized carbons (Fsp3) is 0.273. The summed E-state index contributed by atoms with van der Waals surface area (Å²) in [6.45, 7) is 5.24. The Balaban J connectivity index is 0.00000240. The number of ether oxygens (including phenoxy) is 1. The number of guanidine groups is 1. The highest BCUT2D eigenvalue weighted by Crippen LogP contribution is 2.31. The van der Waals surface area contributed by atoms with Gasteiger partial charge in [-0.15, -0.1) is 24.0 Å². The first-order valence-electron chi connectivity index (χ1n) is 9.52. The summed E-state index contributed by atoms with van der Waals surface area (Å²) in [5.41, 5.74) is 11.5. The Labute approximate surface area is 188 Å². The highest BCUT2D eigenvalue weighted by atomic mass is 127. The molecule has 4 rings (SSSR count). The molecule has 6 nitrogen and oxygen atoms in total. The Hall–Kier alpha value is -2.55. The lowest BCUT2D eigenvalue weighted by molar-refractivity contribution is 0.262. The van der Waals surface area contributed by atoms with Gasteiger partial charge in [0.15, 0.2) is 5.96 Å². The summed E-state index contributed by atoms with van der Waals surface area (Å²) in [7, 11) is 0. The van der Waals surface area contributed by atoms with E-state index in [1.54, 1.807) is 0 Å². The van der Waals surface area contributed by atoms with E-state index in [9.17, 15) is 0 Å². The van der Waals surface area contributed by atoms with Crippen LogP contribution in [0.2, 0.25) is 0 Å². The molecule has 0 saturated carbocycles. The van der Waals surface area contributed by atoms with Gasteiger partial charge in [0, 0.05) is 23.2 Å². The second-order valence-corrected chi connectivity index (χ2v) is 6.97. The third-order valence-corrected chi connectivity index (χ3v) is 5.13. The molecular weight excluding hydrogens is 477 g/mol. The highest BCUT2D eigenvalue weighted by molar-refractivity contribution is 14.0. The molecule has 0 bridgehead atoms. The van der Waals surface area contributed by atoms with Crippen LogP contribution in [0, 0.1) is 13.8 Å². The molecule has 7 heteroatoms. The van der Waals surface area contributed by atoms with Crippen LogP contribution in [0.25, 0.3) is 5.69 Å². The number of aromatic nitrogens is 2. The van der Waals surface area contributed by atoms with Gasteiger partial charge in [0.25, 0.3) is 0 Å². The lowest BCUT2D eigenvalue weighted by Crippen LogP contribution is -2.37. The van der Waals surface area contributed by atoms with Crippen LogP contribution in [-0.4, -0.2) is 22.3 Å². The number of aliphatic imine (C=N–C) groups is 1. The van der Waals surface area contributed by atoms with E-state index in [4.69, 9.17) is 10.5 Å². The van der Waals surface area contributed by atoms with Gasteiger partial charge >= 0.3 is 0 Å². The normalized spacial score (nSPS) is 15.8. The predicted molar refractivity (Wildman–Crippen MR) is 126 cm³/mol. The SMILES string of the molecule is Cc1nn(-c2ccccc2)c(C)c1CN=C(N)NC1CCOc2ccccc21.I. The van der Waals surface area contributed by atoms with Gasteiger partial charge in [0.1, 0.15) is 5.75 Å². The predicted octanol–water partition coefficient (Wildman–Crippen LogP) is 4.04. The molecule has 152 valence electrons. The molecule has 0 spiro atoms. The lowest BCUT2D eigenvalue weighted by Gasteiger charge is -2.26. The van der Waals surface area contributed by atoms with Crippen LogP contribution in [0.1, 0.15) is 35.0 Å². The molecular formula is C22H26IN5O. The summed E-state index contributed by atoms with van der Waals surface area (Å²) in [6, 6.07) is 18.3. The summed E-state index contributed by atoms with van der Waals surface area (Å²) in [4.78, 5) is 4.58. The Morgan fingerprint density at radius 1 is 1.17 bits per heavy atom. The molecule has 2 heterocycles. The minimum atomic E-state index is 0. The molecule has 0 saturated heterocycles. The Kier molecular flexibility index (Phi) is 6.79. The maximum Gasteiger partial charge on any atom is 0.189 e. The minimum Gasteiger partial charge on any atom is -0.493 e. The molecule has 3 aromatic rings. The van der Waals surface area contributed by atoms with Crippen molar-refractivity contribution in [3.05, 3.63) is 77.1 Å². The molecule has 0 fully saturated rings. The average molecular weight is 503 g/mol. The van der Waals surface area contributed by atoms with Crippen molar-refractivity contribution < 1.29 is 4.74 Å². The van der Waals surface area contributed by atoms with Gasteiger partial charge in [-0.25, -0.2) is 9.67 Å². The number of rotatable bonds is 4. The van der Waals surface area contributed by atoms with Crippen molar-refractivity contribution in [2.75, 3.05) is 6.61 Å². The van der Waals surface area contributed by atoms with Crippen LogP contribution in [0.5, 0.6) is 5.75 Å². The Morgan fingerprint density at radius 2 is 1.90 bits per heavy atom. The van der Waals surface area contributed by atoms with Crippen molar-refractivity contribution in [3.63, 3.8) is 0 Å². The molecule has 1 atom stereocenters. The van der Waals surface area contributed by atoms with E-state index in [0.29, 0.717) is 19.1 Å². The maximum atomic E-state index is 6.20. The zero-order chi connectivity index (χ0) is 19.5. The highest BCUT2D eigenvalue weighted by Gasteiger charge is 2.21. The van der Waals surface area contributed by atoms with Crippen molar-refractivity contribution in [2.45, 2.75) is 32.9 Å². The van der Waals surface area contributed by atoms with Crippen molar-refractivity contribution in [1.29, 1.82) is 0 Å². The zero-order valence-electron chi connectivity index (χ0n) is 16.6. The molecule has 1 aliphatic rings. The number of hydrogen-bond acceptors (Lipinski definition) is 3. The topological polar surface area (TPSA) is 77.5 Å². The van der Waals surface area contributed by atoms with Gasteiger partial charge in [-0.05, 0) is 32.0 Å². The fourth-order valence-corrected chi connectivity index (χ4v) is 3.60. The van der Waals surface area contributed by atoms with E-state index in [0.717, 1.165) is 40.4 Å². The summed E-state index contributed by atoms with van der Waals surface area (Å²) < 4.78 is 7.67. The van der Waals surface area contributed by atoms with E-state index in [2.05, 4.69) is 28.4 Å². The number of benzene rings is 2. The number of aryl methyl sites for hydroxylation is 1. The van der Waals surface area contributed by atoms with Crippen LogP contribution in [0.15, 0.2) is 59.6 Å². The Morgan fingerprint density at radius 3 is 2.69 bits per heavy atom. The third kappa shape index (κ3) is 4.55. The Bertz CT molecular complexity index is 1000. The van der Waals surface area contributed by atoms with E-state index in [-0.39, 0.29) is 30.0 Å². The number of fused-ring (bicyclic) bond motifs is 1. The molecule has 2 aromatic carbocycles. The number of nitrogens with zero attached hydrogens (tertiary/aromatic N) is 3. The molecule has 1 unspecified atom stereocenters. The first-order chi connectivity index (χ1) is 13.6. The molecule has 1 aliphatic heterocycles. The largest absolute Gasteiger partial charge is 0.493 e. The summed E-state index contributed by atoms with van der Waals surface area (Å²) in [6.07, 6.45) is 0.858.